The first-order chi connectivity index (χ1) is 8.70. The van der Waals surface area contributed by atoms with Crippen LogP contribution in [0.3, 0.4) is 0 Å². The summed E-state index contributed by atoms with van der Waals surface area (Å²) in [5.74, 6) is -3.59. The number of carboxylic acids is 1. The lowest BCUT2D eigenvalue weighted by molar-refractivity contribution is -0.137. The van der Waals surface area contributed by atoms with E-state index in [2.05, 4.69) is 15.9 Å². The Bertz CT molecular complexity index is 583. The Labute approximate surface area is 117 Å². The summed E-state index contributed by atoms with van der Waals surface area (Å²) in [6.45, 7) is 0.454. The highest BCUT2D eigenvalue weighted by Gasteiger charge is 2.30. The number of rotatable bonds is 5. The van der Waals surface area contributed by atoms with Crippen LogP contribution in [0.15, 0.2) is 21.5 Å². The van der Waals surface area contributed by atoms with Crippen LogP contribution in [0.4, 0.5) is 8.78 Å². The van der Waals surface area contributed by atoms with Gasteiger partial charge in [-0.15, -0.1) is 0 Å². The Kier molecular flexibility index (Phi) is 4.99. The molecule has 0 unspecified atom stereocenters. The van der Waals surface area contributed by atoms with Crippen LogP contribution in [0.2, 0.25) is 0 Å². The van der Waals surface area contributed by atoms with E-state index in [0.717, 1.165) is 6.07 Å². The molecule has 0 spiro atoms. The molecule has 0 amide bonds. The minimum Gasteiger partial charge on any atom is -0.480 e. The van der Waals surface area contributed by atoms with Crippen molar-refractivity contribution in [3.63, 3.8) is 0 Å². The van der Waals surface area contributed by atoms with Crippen LogP contribution in [0.5, 0.6) is 0 Å². The number of carboxylic acid groups (broad SMARTS) is 1. The molecular formula is C10H10BrF2NO4S. The number of hydrogen-bond donors (Lipinski definition) is 1. The van der Waals surface area contributed by atoms with Crippen molar-refractivity contribution < 1.29 is 27.1 Å². The topological polar surface area (TPSA) is 74.7 Å². The third kappa shape index (κ3) is 3.48. The highest BCUT2D eigenvalue weighted by molar-refractivity contribution is 9.10. The molecule has 0 aliphatic heterocycles. The molecule has 0 aliphatic rings. The number of hydrogen-bond acceptors (Lipinski definition) is 3. The second-order valence-corrected chi connectivity index (χ2v) is 6.25. The summed E-state index contributed by atoms with van der Waals surface area (Å²) in [5, 5.41) is 8.64. The Hall–Kier alpha value is -1.06. The van der Waals surface area contributed by atoms with E-state index in [-0.39, 0.29) is 11.0 Å². The molecule has 0 fully saturated rings. The summed E-state index contributed by atoms with van der Waals surface area (Å²) >= 11 is 2.76. The zero-order valence-corrected chi connectivity index (χ0v) is 12.1. The van der Waals surface area contributed by atoms with Crippen molar-refractivity contribution in [1.82, 2.24) is 4.31 Å². The maximum atomic E-state index is 13.6. The predicted molar refractivity (Wildman–Crippen MR) is 66.1 cm³/mol. The van der Waals surface area contributed by atoms with Crippen LogP contribution in [-0.4, -0.2) is 36.9 Å². The van der Waals surface area contributed by atoms with Crippen molar-refractivity contribution in [2.24, 2.45) is 0 Å². The van der Waals surface area contributed by atoms with Gasteiger partial charge in [-0.2, -0.15) is 4.31 Å². The molecule has 0 bridgehead atoms. The van der Waals surface area contributed by atoms with Crippen molar-refractivity contribution in [3.8, 4) is 0 Å². The molecule has 0 saturated carbocycles. The quantitative estimate of drug-likeness (QED) is 0.872. The Morgan fingerprint density at radius 2 is 2.00 bits per heavy atom. The molecule has 19 heavy (non-hydrogen) atoms. The normalized spacial score (nSPS) is 11.8. The first-order valence-electron chi connectivity index (χ1n) is 5.06. The van der Waals surface area contributed by atoms with Gasteiger partial charge >= 0.3 is 5.97 Å². The molecule has 0 aliphatic carbocycles. The Morgan fingerprint density at radius 1 is 1.42 bits per heavy atom. The standard InChI is InChI=1S/C10H10BrF2NO4S/c1-2-14(5-9(15)16)19(17,18)10-7(11)3-6(12)4-8(10)13/h3-4H,2,5H2,1H3,(H,15,16). The summed E-state index contributed by atoms with van der Waals surface area (Å²) in [6, 6.07) is 1.22. The Balaban J connectivity index is 3.38. The van der Waals surface area contributed by atoms with E-state index in [9.17, 15) is 22.0 Å². The highest BCUT2D eigenvalue weighted by Crippen LogP contribution is 2.28. The molecule has 9 heteroatoms. The third-order valence-electron chi connectivity index (χ3n) is 2.23. The van der Waals surface area contributed by atoms with Crippen LogP contribution < -0.4 is 0 Å². The van der Waals surface area contributed by atoms with Crippen molar-refractivity contribution in [1.29, 1.82) is 0 Å². The lowest BCUT2D eigenvalue weighted by atomic mass is 10.3. The van der Waals surface area contributed by atoms with Gasteiger partial charge in [0.25, 0.3) is 0 Å². The summed E-state index contributed by atoms with van der Waals surface area (Å²) in [7, 11) is -4.36. The van der Waals surface area contributed by atoms with Gasteiger partial charge in [0.2, 0.25) is 10.0 Å². The zero-order valence-electron chi connectivity index (χ0n) is 9.73. The maximum absolute atomic E-state index is 13.6. The number of sulfonamides is 1. The van der Waals surface area contributed by atoms with Gasteiger partial charge in [0, 0.05) is 17.1 Å². The smallest absolute Gasteiger partial charge is 0.318 e. The SMILES string of the molecule is CCN(CC(=O)O)S(=O)(=O)c1c(F)cc(F)cc1Br. The average Bonchev–Trinajstić information content (AvgIpc) is 2.23. The van der Waals surface area contributed by atoms with Gasteiger partial charge < -0.3 is 5.11 Å². The van der Waals surface area contributed by atoms with E-state index in [1.54, 1.807) is 0 Å². The van der Waals surface area contributed by atoms with Gasteiger partial charge in [0.15, 0.2) is 0 Å². The molecule has 1 aromatic rings. The van der Waals surface area contributed by atoms with E-state index in [4.69, 9.17) is 5.11 Å². The molecule has 0 atom stereocenters. The Morgan fingerprint density at radius 3 is 2.42 bits per heavy atom. The number of halogens is 3. The van der Waals surface area contributed by atoms with Crippen LogP contribution >= 0.6 is 15.9 Å². The van der Waals surface area contributed by atoms with Crippen LogP contribution in [-0.2, 0) is 14.8 Å². The fourth-order valence-electron chi connectivity index (χ4n) is 1.42. The summed E-state index contributed by atoms with van der Waals surface area (Å²) < 4.78 is 51.1. The number of carbonyl (C=O) groups is 1. The lowest BCUT2D eigenvalue weighted by Crippen LogP contribution is -2.36. The summed E-state index contributed by atoms with van der Waals surface area (Å²) in [6.07, 6.45) is 0. The molecule has 106 valence electrons. The first kappa shape index (κ1) is 16.0. The molecule has 0 aromatic heterocycles. The summed E-state index contributed by atoms with van der Waals surface area (Å²) in [5.41, 5.74) is 0. The lowest BCUT2D eigenvalue weighted by Gasteiger charge is -2.19. The molecule has 0 radical (unpaired) electrons. The minimum absolute atomic E-state index is 0.155. The average molecular weight is 358 g/mol. The van der Waals surface area contributed by atoms with Crippen molar-refractivity contribution in [3.05, 3.63) is 28.2 Å². The van der Waals surface area contributed by atoms with Gasteiger partial charge in [0.05, 0.1) is 0 Å². The second-order valence-electron chi connectivity index (χ2n) is 3.52. The van der Waals surface area contributed by atoms with Gasteiger partial charge in [0.1, 0.15) is 23.1 Å². The van der Waals surface area contributed by atoms with E-state index < -0.39 is 39.1 Å². The third-order valence-corrected chi connectivity index (χ3v) is 5.11. The predicted octanol–water partition coefficient (Wildman–Crippen LogP) is 1.82. The molecule has 0 heterocycles. The number of nitrogens with zero attached hydrogens (tertiary/aromatic N) is 1. The summed E-state index contributed by atoms with van der Waals surface area (Å²) in [4.78, 5) is 9.82. The zero-order chi connectivity index (χ0) is 14.8. The van der Waals surface area contributed by atoms with E-state index in [1.165, 1.54) is 6.92 Å². The van der Waals surface area contributed by atoms with Gasteiger partial charge in [-0.05, 0) is 22.0 Å². The largest absolute Gasteiger partial charge is 0.480 e. The van der Waals surface area contributed by atoms with Gasteiger partial charge in [-0.1, -0.05) is 6.92 Å². The van der Waals surface area contributed by atoms with Gasteiger partial charge in [-0.3, -0.25) is 4.79 Å². The highest BCUT2D eigenvalue weighted by atomic mass is 79.9. The monoisotopic (exact) mass is 357 g/mol. The van der Waals surface area contributed by atoms with E-state index in [0.29, 0.717) is 10.4 Å². The number of likely N-dealkylation sites (N-methyl/N-ethyl adjacent to an activating group) is 1. The number of benzene rings is 1. The second kappa shape index (κ2) is 5.93. The van der Waals surface area contributed by atoms with E-state index >= 15 is 0 Å². The van der Waals surface area contributed by atoms with Gasteiger partial charge in [-0.25, -0.2) is 17.2 Å². The van der Waals surface area contributed by atoms with Crippen LogP contribution in [0, 0.1) is 11.6 Å². The van der Waals surface area contributed by atoms with Crippen molar-refractivity contribution >= 4 is 31.9 Å². The maximum Gasteiger partial charge on any atom is 0.318 e. The van der Waals surface area contributed by atoms with Crippen molar-refractivity contribution in [2.45, 2.75) is 11.8 Å². The van der Waals surface area contributed by atoms with Crippen molar-refractivity contribution in [2.75, 3.05) is 13.1 Å². The van der Waals surface area contributed by atoms with Crippen LogP contribution in [0.25, 0.3) is 0 Å². The molecular weight excluding hydrogens is 348 g/mol. The molecule has 1 rings (SSSR count). The minimum atomic E-state index is -4.36. The fraction of sp³-hybridized carbons (Fsp3) is 0.300. The molecule has 1 aromatic carbocycles. The fourth-order valence-corrected chi connectivity index (χ4v) is 3.93. The number of aliphatic carboxylic acids is 1. The molecule has 5 nitrogen and oxygen atoms in total. The van der Waals surface area contributed by atoms with Crippen LogP contribution in [0.1, 0.15) is 6.92 Å². The molecule has 0 saturated heterocycles. The molecule has 1 N–H and O–H groups in total. The first-order valence-corrected chi connectivity index (χ1v) is 7.30. The van der Waals surface area contributed by atoms with E-state index in [1.807, 2.05) is 0 Å².